The molecule has 4 heterocycles. The van der Waals surface area contributed by atoms with Crippen LogP contribution in [0.2, 0.25) is 0 Å². The van der Waals surface area contributed by atoms with Gasteiger partial charge in [-0.05, 0) is 19.1 Å². The van der Waals surface area contributed by atoms with Crippen LogP contribution in [0.25, 0.3) is 21.1 Å². The summed E-state index contributed by atoms with van der Waals surface area (Å²) < 4.78 is 25.6. The maximum absolute atomic E-state index is 12.2. The Labute approximate surface area is 172 Å². The van der Waals surface area contributed by atoms with Crippen molar-refractivity contribution < 1.29 is 13.3 Å². The number of aromatic nitrogens is 4. The van der Waals surface area contributed by atoms with Gasteiger partial charge in [0, 0.05) is 37.1 Å². The Morgan fingerprint density at radius 2 is 2.14 bits per heavy atom. The van der Waals surface area contributed by atoms with Crippen molar-refractivity contribution in [3.63, 3.8) is 0 Å². The summed E-state index contributed by atoms with van der Waals surface area (Å²) in [4.78, 5) is 23.6. The smallest absolute Gasteiger partial charge is 0.233 e. The minimum atomic E-state index is -3.47. The summed E-state index contributed by atoms with van der Waals surface area (Å²) in [5.41, 5.74) is 2.49. The van der Waals surface area contributed by atoms with E-state index >= 15 is 0 Å². The van der Waals surface area contributed by atoms with Crippen LogP contribution in [0.4, 0.5) is 5.82 Å². The maximum atomic E-state index is 12.2. The molecular weight excluding hydrogens is 412 g/mol. The summed E-state index contributed by atoms with van der Waals surface area (Å²) in [6.45, 7) is 2.48. The molecule has 4 rings (SSSR count). The Hall–Kier alpha value is -2.92. The molecule has 0 N–H and O–H groups in total. The molecule has 0 radical (unpaired) electrons. The fourth-order valence-electron chi connectivity index (χ4n) is 2.88. The number of thiazole rings is 1. The zero-order chi connectivity index (χ0) is 20.4. The molecule has 29 heavy (non-hydrogen) atoms. The molecule has 0 amide bonds. The highest BCUT2D eigenvalue weighted by atomic mass is 32.2. The van der Waals surface area contributed by atoms with E-state index in [1.54, 1.807) is 24.8 Å². The quantitative estimate of drug-likeness (QED) is 0.572. The van der Waals surface area contributed by atoms with Gasteiger partial charge in [0.05, 0.1) is 17.3 Å². The van der Waals surface area contributed by atoms with Crippen molar-refractivity contribution in [2.45, 2.75) is 13.3 Å². The highest BCUT2D eigenvalue weighted by molar-refractivity contribution is 7.92. The summed E-state index contributed by atoms with van der Waals surface area (Å²) in [7, 11) is -3.47. The summed E-state index contributed by atoms with van der Waals surface area (Å²) >= 11 is 1.46. The van der Waals surface area contributed by atoms with E-state index in [0.717, 1.165) is 21.7 Å². The van der Waals surface area contributed by atoms with Crippen molar-refractivity contribution in [1.29, 1.82) is 0 Å². The van der Waals surface area contributed by atoms with Crippen molar-refractivity contribution in [2.24, 2.45) is 5.16 Å². The van der Waals surface area contributed by atoms with Crippen LogP contribution < -0.4 is 4.31 Å². The molecule has 150 valence electrons. The molecule has 0 unspecified atom stereocenters. The van der Waals surface area contributed by atoms with Crippen LogP contribution in [0, 0.1) is 0 Å². The second kappa shape index (κ2) is 7.84. The Bertz CT molecular complexity index is 1160. The van der Waals surface area contributed by atoms with Crippen molar-refractivity contribution >= 4 is 32.9 Å². The first kappa shape index (κ1) is 19.4. The monoisotopic (exact) mass is 430 g/mol. The molecule has 0 saturated carbocycles. The van der Waals surface area contributed by atoms with Gasteiger partial charge in [0.25, 0.3) is 0 Å². The van der Waals surface area contributed by atoms with Crippen molar-refractivity contribution in [3.8, 4) is 21.1 Å². The third-order valence-electron chi connectivity index (χ3n) is 4.19. The van der Waals surface area contributed by atoms with Crippen LogP contribution in [0.5, 0.6) is 0 Å². The summed E-state index contributed by atoms with van der Waals surface area (Å²) in [5, 5.41) is 4.93. The van der Waals surface area contributed by atoms with E-state index < -0.39 is 10.0 Å². The van der Waals surface area contributed by atoms with Crippen molar-refractivity contribution in [2.75, 3.05) is 23.7 Å². The van der Waals surface area contributed by atoms with E-state index in [0.29, 0.717) is 30.1 Å². The SMILES string of the molecule is CCO/N=C1\CCN(S(C)(=O)=O)c2ncc(-c3cnc(-c4cccnc4)s3)nc21. The fraction of sp³-hybridized carbons (Fsp3) is 0.278. The largest absolute Gasteiger partial charge is 0.396 e. The van der Waals surface area contributed by atoms with E-state index in [1.165, 1.54) is 15.6 Å². The molecule has 3 aromatic heterocycles. The number of anilines is 1. The van der Waals surface area contributed by atoms with E-state index in [1.807, 2.05) is 19.1 Å². The molecule has 11 heteroatoms. The van der Waals surface area contributed by atoms with Crippen molar-refractivity contribution in [3.05, 3.63) is 42.6 Å². The van der Waals surface area contributed by atoms with Gasteiger partial charge in [-0.25, -0.2) is 23.4 Å². The first-order valence-electron chi connectivity index (χ1n) is 8.88. The number of pyridine rings is 1. The highest BCUT2D eigenvalue weighted by Crippen LogP contribution is 2.33. The van der Waals surface area contributed by atoms with E-state index in [-0.39, 0.29) is 12.4 Å². The molecule has 0 aliphatic carbocycles. The van der Waals surface area contributed by atoms with Crippen LogP contribution in [-0.2, 0) is 14.9 Å². The first-order chi connectivity index (χ1) is 14.0. The average Bonchev–Trinajstić information content (AvgIpc) is 3.21. The maximum Gasteiger partial charge on any atom is 0.233 e. The molecule has 0 atom stereocenters. The summed E-state index contributed by atoms with van der Waals surface area (Å²) in [6, 6.07) is 3.79. The fourth-order valence-corrected chi connectivity index (χ4v) is 4.61. The van der Waals surface area contributed by atoms with Gasteiger partial charge in [-0.2, -0.15) is 0 Å². The normalized spacial score (nSPS) is 15.4. The number of hydrogen-bond donors (Lipinski definition) is 0. The summed E-state index contributed by atoms with van der Waals surface area (Å²) in [6.07, 6.45) is 8.28. The minimum Gasteiger partial charge on any atom is -0.396 e. The lowest BCUT2D eigenvalue weighted by Crippen LogP contribution is -2.38. The minimum absolute atomic E-state index is 0.248. The zero-order valence-electron chi connectivity index (χ0n) is 15.8. The van der Waals surface area contributed by atoms with Crippen LogP contribution in [-0.4, -0.2) is 53.5 Å². The Kier molecular flexibility index (Phi) is 5.24. The van der Waals surface area contributed by atoms with Gasteiger partial charge in [0.1, 0.15) is 28.7 Å². The Balaban J connectivity index is 1.77. The molecule has 0 saturated heterocycles. The first-order valence-corrected chi connectivity index (χ1v) is 11.5. The molecule has 0 fully saturated rings. The van der Waals surface area contributed by atoms with Gasteiger partial charge in [-0.3, -0.25) is 9.29 Å². The van der Waals surface area contributed by atoms with Crippen LogP contribution in [0.1, 0.15) is 19.0 Å². The van der Waals surface area contributed by atoms with Gasteiger partial charge in [0.2, 0.25) is 10.0 Å². The van der Waals surface area contributed by atoms with Crippen molar-refractivity contribution in [1.82, 2.24) is 19.9 Å². The van der Waals surface area contributed by atoms with Crippen LogP contribution in [0.15, 0.2) is 42.1 Å². The molecule has 0 aromatic carbocycles. The van der Waals surface area contributed by atoms with E-state index in [4.69, 9.17) is 4.84 Å². The predicted molar refractivity (Wildman–Crippen MR) is 111 cm³/mol. The lowest BCUT2D eigenvalue weighted by Gasteiger charge is -2.27. The number of hydrogen-bond acceptors (Lipinski definition) is 9. The lowest BCUT2D eigenvalue weighted by atomic mass is 10.1. The molecule has 0 bridgehead atoms. The topological polar surface area (TPSA) is 111 Å². The van der Waals surface area contributed by atoms with Gasteiger partial charge >= 0.3 is 0 Å². The highest BCUT2D eigenvalue weighted by Gasteiger charge is 2.31. The summed E-state index contributed by atoms with van der Waals surface area (Å²) in [5.74, 6) is 0.262. The van der Waals surface area contributed by atoms with Gasteiger partial charge < -0.3 is 4.84 Å². The molecule has 1 aliphatic rings. The van der Waals surface area contributed by atoms with E-state index in [9.17, 15) is 8.42 Å². The predicted octanol–water partition coefficient (Wildman–Crippen LogP) is 2.57. The van der Waals surface area contributed by atoms with Gasteiger partial charge in [-0.15, -0.1) is 11.3 Å². The third-order valence-corrected chi connectivity index (χ3v) is 6.41. The number of rotatable bonds is 5. The molecule has 3 aromatic rings. The van der Waals surface area contributed by atoms with E-state index in [2.05, 4.69) is 25.1 Å². The average molecular weight is 431 g/mol. The Morgan fingerprint density at radius 1 is 1.28 bits per heavy atom. The number of nitrogens with zero attached hydrogens (tertiary/aromatic N) is 6. The standard InChI is InChI=1S/C18H18N6O3S2/c1-3-27-23-13-6-8-24(29(2,25)26)17-16(13)22-14(10-20-17)15-11-21-18(28-15)12-5-4-7-19-9-12/h4-5,7,9-11H,3,6,8H2,1-2H3/b23-13+. The molecule has 9 nitrogen and oxygen atoms in total. The number of oxime groups is 1. The Morgan fingerprint density at radius 3 is 2.86 bits per heavy atom. The van der Waals surface area contributed by atoms with Crippen LogP contribution in [0.3, 0.4) is 0 Å². The third kappa shape index (κ3) is 3.96. The zero-order valence-corrected chi connectivity index (χ0v) is 17.4. The van der Waals surface area contributed by atoms with Gasteiger partial charge in [0.15, 0.2) is 5.82 Å². The number of sulfonamides is 1. The second-order valence-corrected chi connectivity index (χ2v) is 9.18. The molecule has 0 spiro atoms. The molecule has 1 aliphatic heterocycles. The number of fused-ring (bicyclic) bond motifs is 1. The molecular formula is C18H18N6O3S2. The second-order valence-electron chi connectivity index (χ2n) is 6.24. The lowest BCUT2D eigenvalue weighted by molar-refractivity contribution is 0.158. The van der Waals surface area contributed by atoms with Crippen LogP contribution >= 0.6 is 11.3 Å². The van der Waals surface area contributed by atoms with Gasteiger partial charge in [-0.1, -0.05) is 5.16 Å².